The molecule has 0 amide bonds. The molecule has 29 heavy (non-hydrogen) atoms. The fourth-order valence-electron chi connectivity index (χ4n) is 4.12. The van der Waals surface area contributed by atoms with Gasteiger partial charge in [-0.25, -0.2) is 4.98 Å². The summed E-state index contributed by atoms with van der Waals surface area (Å²) in [5.74, 6) is 0. The molecule has 4 aromatic carbocycles. The molecule has 6 rings (SSSR count). The number of para-hydroxylation sites is 2. The Balaban J connectivity index is 1.56. The molecular formula is C26H18N2S. The molecule has 0 aliphatic carbocycles. The molecule has 0 fully saturated rings. The third-order valence-corrected chi connectivity index (χ3v) is 6.58. The van der Waals surface area contributed by atoms with Crippen LogP contribution in [0.4, 0.5) is 0 Å². The van der Waals surface area contributed by atoms with Crippen molar-refractivity contribution in [1.29, 1.82) is 0 Å². The molecule has 0 saturated heterocycles. The van der Waals surface area contributed by atoms with Gasteiger partial charge in [0, 0.05) is 33.9 Å². The van der Waals surface area contributed by atoms with E-state index in [1.165, 1.54) is 37.6 Å². The maximum absolute atomic E-state index is 4.86. The summed E-state index contributed by atoms with van der Waals surface area (Å²) in [6.45, 7) is 0.866. The molecule has 2 heterocycles. The zero-order valence-electron chi connectivity index (χ0n) is 15.7. The molecule has 0 radical (unpaired) electrons. The van der Waals surface area contributed by atoms with Crippen molar-refractivity contribution in [3.05, 3.63) is 103 Å². The Labute approximate surface area is 172 Å². The number of thiazole rings is 1. The monoisotopic (exact) mass is 390 g/mol. The summed E-state index contributed by atoms with van der Waals surface area (Å²) in [4.78, 5) is 4.86. The van der Waals surface area contributed by atoms with Gasteiger partial charge in [0.15, 0.2) is 0 Å². The van der Waals surface area contributed by atoms with Crippen LogP contribution in [0.5, 0.6) is 0 Å². The third kappa shape index (κ3) is 2.74. The smallest absolute Gasteiger partial charge is 0.124 e. The first-order chi connectivity index (χ1) is 14.4. The van der Waals surface area contributed by atoms with Crippen LogP contribution in [0.1, 0.15) is 5.56 Å². The average Bonchev–Trinajstić information content (AvgIpc) is 3.34. The Morgan fingerprint density at radius 1 is 0.690 bits per heavy atom. The van der Waals surface area contributed by atoms with E-state index in [0.717, 1.165) is 17.1 Å². The van der Waals surface area contributed by atoms with E-state index in [0.29, 0.717) is 0 Å². The van der Waals surface area contributed by atoms with Gasteiger partial charge in [0.2, 0.25) is 0 Å². The summed E-state index contributed by atoms with van der Waals surface area (Å²) < 4.78 is 3.65. The van der Waals surface area contributed by atoms with Crippen LogP contribution in [0, 0.1) is 0 Å². The fourth-order valence-corrected chi connectivity index (χ4v) is 5.08. The molecule has 0 aliphatic heterocycles. The Hall–Kier alpha value is -3.43. The van der Waals surface area contributed by atoms with E-state index in [-0.39, 0.29) is 0 Å². The Morgan fingerprint density at radius 3 is 2.34 bits per heavy atom. The van der Waals surface area contributed by atoms with Crippen LogP contribution in [0.3, 0.4) is 0 Å². The minimum atomic E-state index is 0.866. The lowest BCUT2D eigenvalue weighted by atomic mass is 10.1. The molecule has 0 bridgehead atoms. The van der Waals surface area contributed by atoms with E-state index in [1.807, 2.05) is 6.07 Å². The summed E-state index contributed by atoms with van der Waals surface area (Å²) in [6.07, 6.45) is 0. The van der Waals surface area contributed by atoms with Crippen molar-refractivity contribution in [3.63, 3.8) is 0 Å². The summed E-state index contributed by atoms with van der Waals surface area (Å²) >= 11 is 1.76. The lowest BCUT2D eigenvalue weighted by Crippen LogP contribution is -1.98. The zero-order chi connectivity index (χ0) is 19.2. The maximum Gasteiger partial charge on any atom is 0.124 e. The van der Waals surface area contributed by atoms with Gasteiger partial charge in [0.25, 0.3) is 0 Å². The molecule has 3 heteroatoms. The number of nitrogens with zero attached hydrogens (tertiary/aromatic N) is 2. The van der Waals surface area contributed by atoms with E-state index in [2.05, 4.69) is 95.6 Å². The average molecular weight is 391 g/mol. The minimum absolute atomic E-state index is 0.866. The molecule has 0 saturated carbocycles. The number of hydrogen-bond donors (Lipinski definition) is 0. The molecule has 0 aliphatic rings. The van der Waals surface area contributed by atoms with E-state index in [9.17, 15) is 0 Å². The van der Waals surface area contributed by atoms with Crippen molar-refractivity contribution in [2.45, 2.75) is 6.54 Å². The molecule has 0 atom stereocenters. The van der Waals surface area contributed by atoms with Crippen molar-refractivity contribution in [1.82, 2.24) is 9.55 Å². The molecule has 2 nitrogen and oxygen atoms in total. The van der Waals surface area contributed by atoms with E-state index in [1.54, 1.807) is 11.3 Å². The predicted molar refractivity (Wildman–Crippen MR) is 124 cm³/mol. The highest BCUT2D eigenvalue weighted by molar-refractivity contribution is 7.21. The van der Waals surface area contributed by atoms with Crippen molar-refractivity contribution in [2.75, 3.05) is 0 Å². The van der Waals surface area contributed by atoms with Crippen LogP contribution in [0.2, 0.25) is 0 Å². The van der Waals surface area contributed by atoms with Crippen LogP contribution in [0.15, 0.2) is 97.1 Å². The first kappa shape index (κ1) is 16.5. The number of hydrogen-bond acceptors (Lipinski definition) is 2. The normalized spacial score (nSPS) is 11.6. The Kier molecular flexibility index (Phi) is 3.74. The summed E-state index contributed by atoms with van der Waals surface area (Å²) in [5, 5.41) is 3.66. The van der Waals surface area contributed by atoms with Gasteiger partial charge in [-0.3, -0.25) is 0 Å². The second-order valence-corrected chi connectivity index (χ2v) is 8.34. The van der Waals surface area contributed by atoms with Crippen LogP contribution < -0.4 is 0 Å². The lowest BCUT2D eigenvalue weighted by molar-refractivity contribution is 0.869. The summed E-state index contributed by atoms with van der Waals surface area (Å²) in [6, 6.07) is 34.5. The number of aromatic nitrogens is 2. The SMILES string of the molecule is c1ccc(Cn2c3ccccc3c3cc(-c4nc5ccccc5s4)ccc32)cc1. The number of rotatable bonds is 3. The topological polar surface area (TPSA) is 17.8 Å². The largest absolute Gasteiger partial charge is 0.336 e. The van der Waals surface area contributed by atoms with Gasteiger partial charge in [-0.15, -0.1) is 11.3 Å². The molecule has 2 aromatic heterocycles. The number of benzene rings is 4. The molecule has 138 valence electrons. The first-order valence-electron chi connectivity index (χ1n) is 9.78. The van der Waals surface area contributed by atoms with Gasteiger partial charge in [0.1, 0.15) is 5.01 Å². The maximum atomic E-state index is 4.86. The molecule has 6 aromatic rings. The van der Waals surface area contributed by atoms with E-state index in [4.69, 9.17) is 4.98 Å². The molecule has 0 spiro atoms. The van der Waals surface area contributed by atoms with Crippen molar-refractivity contribution < 1.29 is 0 Å². The van der Waals surface area contributed by atoms with Gasteiger partial charge >= 0.3 is 0 Å². The van der Waals surface area contributed by atoms with E-state index >= 15 is 0 Å². The minimum Gasteiger partial charge on any atom is -0.336 e. The molecule has 0 unspecified atom stereocenters. The standard InChI is InChI=1S/C26H18N2S/c1-2-8-18(9-3-1)17-28-23-12-6-4-10-20(23)21-16-19(14-15-24(21)28)26-27-22-11-5-7-13-25(22)29-26/h1-16H,17H2. The van der Waals surface area contributed by atoms with E-state index < -0.39 is 0 Å². The fraction of sp³-hybridized carbons (Fsp3) is 0.0385. The first-order valence-corrected chi connectivity index (χ1v) is 10.6. The highest BCUT2D eigenvalue weighted by Gasteiger charge is 2.13. The van der Waals surface area contributed by atoms with Gasteiger partial charge in [0.05, 0.1) is 10.2 Å². The van der Waals surface area contributed by atoms with Crippen LogP contribution in [-0.2, 0) is 6.54 Å². The highest BCUT2D eigenvalue weighted by Crippen LogP contribution is 2.35. The Bertz CT molecular complexity index is 1440. The van der Waals surface area contributed by atoms with Gasteiger partial charge in [-0.2, -0.15) is 0 Å². The quantitative estimate of drug-likeness (QED) is 0.314. The summed E-state index contributed by atoms with van der Waals surface area (Å²) in [7, 11) is 0. The molecular weight excluding hydrogens is 372 g/mol. The van der Waals surface area contributed by atoms with Crippen molar-refractivity contribution >= 4 is 43.4 Å². The van der Waals surface area contributed by atoms with Gasteiger partial charge < -0.3 is 4.57 Å². The summed E-state index contributed by atoms with van der Waals surface area (Å²) in [5.41, 5.74) is 6.10. The third-order valence-electron chi connectivity index (χ3n) is 5.50. The van der Waals surface area contributed by atoms with Crippen molar-refractivity contribution in [3.8, 4) is 10.6 Å². The van der Waals surface area contributed by atoms with Crippen LogP contribution in [0.25, 0.3) is 42.6 Å². The lowest BCUT2D eigenvalue weighted by Gasteiger charge is -2.08. The second-order valence-electron chi connectivity index (χ2n) is 7.31. The van der Waals surface area contributed by atoms with Crippen LogP contribution >= 0.6 is 11.3 Å². The highest BCUT2D eigenvalue weighted by atomic mass is 32.1. The zero-order valence-corrected chi connectivity index (χ0v) is 16.6. The molecule has 0 N–H and O–H groups in total. The number of fused-ring (bicyclic) bond motifs is 4. The second kappa shape index (κ2) is 6.57. The van der Waals surface area contributed by atoms with Crippen LogP contribution in [-0.4, -0.2) is 9.55 Å². The predicted octanol–water partition coefficient (Wildman–Crippen LogP) is 7.12. The van der Waals surface area contributed by atoms with Gasteiger partial charge in [-0.05, 0) is 42.0 Å². The Morgan fingerprint density at radius 2 is 1.45 bits per heavy atom. The van der Waals surface area contributed by atoms with Crippen molar-refractivity contribution in [2.24, 2.45) is 0 Å². The van der Waals surface area contributed by atoms with Gasteiger partial charge in [-0.1, -0.05) is 60.7 Å².